The Morgan fingerprint density at radius 3 is 2.40 bits per heavy atom. The minimum atomic E-state index is 0. The van der Waals surface area contributed by atoms with E-state index in [4.69, 9.17) is 0 Å². The quantitative estimate of drug-likeness (QED) is 0.752. The molecule has 1 atom stereocenters. The molecule has 20 heavy (non-hydrogen) atoms. The van der Waals surface area contributed by atoms with Crippen LogP contribution < -0.4 is 10.6 Å². The van der Waals surface area contributed by atoms with Crippen molar-refractivity contribution in [3.8, 4) is 0 Å². The van der Waals surface area contributed by atoms with Crippen molar-refractivity contribution in [2.75, 3.05) is 33.2 Å². The number of halogens is 2. The number of carbonyl (C=O) groups excluding carboxylic acids is 1. The van der Waals surface area contributed by atoms with E-state index in [0.717, 1.165) is 32.5 Å². The van der Waals surface area contributed by atoms with Crippen molar-refractivity contribution < 1.29 is 4.79 Å². The summed E-state index contributed by atoms with van der Waals surface area (Å²) >= 11 is 0. The number of rotatable bonds is 7. The predicted octanol–water partition coefficient (Wildman–Crippen LogP) is 2.07. The number of nitrogens with zero attached hydrogens (tertiary/aromatic N) is 1. The molecule has 1 fully saturated rings. The van der Waals surface area contributed by atoms with Crippen molar-refractivity contribution in [1.82, 2.24) is 15.5 Å². The number of carbonyl (C=O) groups is 1. The Morgan fingerprint density at radius 1 is 1.30 bits per heavy atom. The molecule has 0 aromatic carbocycles. The summed E-state index contributed by atoms with van der Waals surface area (Å²) in [5.74, 6) is 0.254. The minimum Gasteiger partial charge on any atom is -0.353 e. The lowest BCUT2D eigenvalue weighted by atomic mass is 10.0. The molecule has 6 heteroatoms. The fourth-order valence-electron chi connectivity index (χ4n) is 2.42. The zero-order valence-corrected chi connectivity index (χ0v) is 14.6. The van der Waals surface area contributed by atoms with E-state index in [1.165, 1.54) is 19.4 Å². The molecular formula is C14H31Cl2N3O. The third-order valence-corrected chi connectivity index (χ3v) is 3.72. The van der Waals surface area contributed by atoms with Gasteiger partial charge in [0.2, 0.25) is 5.91 Å². The van der Waals surface area contributed by atoms with E-state index in [0.29, 0.717) is 6.04 Å². The maximum absolute atomic E-state index is 11.9. The Morgan fingerprint density at radius 2 is 1.90 bits per heavy atom. The molecule has 1 saturated heterocycles. The second kappa shape index (κ2) is 12.7. The molecule has 0 bridgehead atoms. The molecule has 0 aromatic rings. The van der Waals surface area contributed by atoms with Gasteiger partial charge in [-0.2, -0.15) is 0 Å². The van der Waals surface area contributed by atoms with Gasteiger partial charge in [-0.3, -0.25) is 4.79 Å². The number of piperidine rings is 1. The van der Waals surface area contributed by atoms with E-state index in [2.05, 4.69) is 22.5 Å². The van der Waals surface area contributed by atoms with Crippen molar-refractivity contribution in [3.63, 3.8) is 0 Å². The van der Waals surface area contributed by atoms with Crippen LogP contribution in [0.15, 0.2) is 0 Å². The molecule has 0 aliphatic carbocycles. The Labute approximate surface area is 136 Å². The van der Waals surface area contributed by atoms with Crippen LogP contribution in [0, 0.1) is 5.92 Å². The van der Waals surface area contributed by atoms with Crippen molar-refractivity contribution in [2.45, 2.75) is 45.6 Å². The SMILES string of the molecule is CCCCN1CCC(NC(=O)C(C)CNC)CC1.Cl.Cl. The Bertz CT molecular complexity index is 247. The normalized spacial score (nSPS) is 17.8. The van der Waals surface area contributed by atoms with Crippen LogP contribution in [0.3, 0.4) is 0 Å². The molecule has 1 aliphatic heterocycles. The molecule has 1 aliphatic rings. The molecule has 122 valence electrons. The average Bonchev–Trinajstić information content (AvgIpc) is 2.38. The number of unbranched alkanes of at least 4 members (excludes halogenated alkanes) is 1. The van der Waals surface area contributed by atoms with E-state index in [1.807, 2.05) is 14.0 Å². The van der Waals surface area contributed by atoms with Crippen LogP contribution >= 0.6 is 24.8 Å². The van der Waals surface area contributed by atoms with Gasteiger partial charge in [-0.1, -0.05) is 20.3 Å². The van der Waals surface area contributed by atoms with Crippen molar-refractivity contribution >= 4 is 30.7 Å². The second-order valence-electron chi connectivity index (χ2n) is 5.44. The highest BCUT2D eigenvalue weighted by Gasteiger charge is 2.22. The number of hydrogen-bond donors (Lipinski definition) is 2. The monoisotopic (exact) mass is 327 g/mol. The third-order valence-electron chi connectivity index (χ3n) is 3.72. The summed E-state index contributed by atoms with van der Waals surface area (Å²) in [6, 6.07) is 0.384. The summed E-state index contributed by atoms with van der Waals surface area (Å²) < 4.78 is 0. The Hall–Kier alpha value is -0.0300. The van der Waals surface area contributed by atoms with Crippen molar-refractivity contribution in [2.24, 2.45) is 5.92 Å². The molecule has 0 saturated carbocycles. The van der Waals surface area contributed by atoms with Gasteiger partial charge in [0, 0.05) is 31.6 Å². The van der Waals surface area contributed by atoms with Crippen LogP contribution in [0.25, 0.3) is 0 Å². The summed E-state index contributed by atoms with van der Waals surface area (Å²) in [5.41, 5.74) is 0. The van der Waals surface area contributed by atoms with E-state index < -0.39 is 0 Å². The molecule has 0 spiro atoms. The highest BCUT2D eigenvalue weighted by molar-refractivity contribution is 5.85. The summed E-state index contributed by atoms with van der Waals surface area (Å²) in [5, 5.41) is 6.22. The highest BCUT2D eigenvalue weighted by Crippen LogP contribution is 2.11. The first-order chi connectivity index (χ1) is 8.67. The van der Waals surface area contributed by atoms with Crippen molar-refractivity contribution in [1.29, 1.82) is 0 Å². The van der Waals surface area contributed by atoms with E-state index in [1.54, 1.807) is 0 Å². The zero-order valence-electron chi connectivity index (χ0n) is 13.0. The van der Waals surface area contributed by atoms with Gasteiger partial charge >= 0.3 is 0 Å². The van der Waals surface area contributed by atoms with Gasteiger partial charge in [0.1, 0.15) is 0 Å². The van der Waals surface area contributed by atoms with Crippen LogP contribution in [0.5, 0.6) is 0 Å². The van der Waals surface area contributed by atoms with Crippen LogP contribution in [-0.4, -0.2) is 50.1 Å². The number of likely N-dealkylation sites (tertiary alicyclic amines) is 1. The smallest absolute Gasteiger partial charge is 0.224 e. The Balaban J connectivity index is 0. The molecule has 1 heterocycles. The first-order valence-electron chi connectivity index (χ1n) is 7.34. The van der Waals surface area contributed by atoms with Gasteiger partial charge in [0.25, 0.3) is 0 Å². The van der Waals surface area contributed by atoms with Crippen LogP contribution in [0.1, 0.15) is 39.5 Å². The van der Waals surface area contributed by atoms with Gasteiger partial charge in [-0.15, -0.1) is 24.8 Å². The number of amides is 1. The van der Waals surface area contributed by atoms with E-state index in [-0.39, 0.29) is 36.6 Å². The fourth-order valence-corrected chi connectivity index (χ4v) is 2.42. The van der Waals surface area contributed by atoms with Crippen LogP contribution in [0.4, 0.5) is 0 Å². The maximum Gasteiger partial charge on any atom is 0.224 e. The van der Waals surface area contributed by atoms with Crippen molar-refractivity contribution in [3.05, 3.63) is 0 Å². The van der Waals surface area contributed by atoms with Gasteiger partial charge in [0.05, 0.1) is 0 Å². The summed E-state index contributed by atoms with van der Waals surface area (Å²) in [6.07, 6.45) is 4.75. The van der Waals surface area contributed by atoms with E-state index >= 15 is 0 Å². The van der Waals surface area contributed by atoms with Crippen LogP contribution in [-0.2, 0) is 4.79 Å². The highest BCUT2D eigenvalue weighted by atomic mass is 35.5. The third kappa shape index (κ3) is 8.30. The lowest BCUT2D eigenvalue weighted by Crippen LogP contribution is -2.47. The zero-order chi connectivity index (χ0) is 13.4. The molecule has 1 unspecified atom stereocenters. The standard InChI is InChI=1S/C14H29N3O.2ClH/c1-4-5-8-17-9-6-13(7-10-17)16-14(18)12(2)11-15-3;;/h12-13,15H,4-11H2,1-3H3,(H,16,18);2*1H. The van der Waals surface area contributed by atoms with Crippen LogP contribution in [0.2, 0.25) is 0 Å². The average molecular weight is 328 g/mol. The molecule has 1 rings (SSSR count). The minimum absolute atomic E-state index is 0. The topological polar surface area (TPSA) is 44.4 Å². The number of hydrogen-bond acceptors (Lipinski definition) is 3. The molecule has 0 radical (unpaired) electrons. The number of nitrogens with one attached hydrogen (secondary N) is 2. The Kier molecular flexibility index (Phi) is 14.1. The molecular weight excluding hydrogens is 297 g/mol. The predicted molar refractivity (Wildman–Crippen MR) is 90.1 cm³/mol. The fraction of sp³-hybridized carbons (Fsp3) is 0.929. The summed E-state index contributed by atoms with van der Waals surface area (Å²) in [4.78, 5) is 14.4. The van der Waals surface area contributed by atoms with Gasteiger partial charge in [0.15, 0.2) is 0 Å². The first kappa shape index (κ1) is 22.3. The first-order valence-corrected chi connectivity index (χ1v) is 7.34. The van der Waals surface area contributed by atoms with Gasteiger partial charge < -0.3 is 15.5 Å². The largest absolute Gasteiger partial charge is 0.353 e. The molecule has 4 nitrogen and oxygen atoms in total. The summed E-state index contributed by atoms with van der Waals surface area (Å²) in [7, 11) is 1.88. The van der Waals surface area contributed by atoms with Gasteiger partial charge in [-0.05, 0) is 32.9 Å². The second-order valence-corrected chi connectivity index (χ2v) is 5.44. The lowest BCUT2D eigenvalue weighted by molar-refractivity contribution is -0.125. The molecule has 1 amide bonds. The maximum atomic E-state index is 11.9. The summed E-state index contributed by atoms with van der Waals surface area (Å²) in [6.45, 7) is 8.43. The molecule has 2 N–H and O–H groups in total. The van der Waals surface area contributed by atoms with E-state index in [9.17, 15) is 4.79 Å². The molecule has 0 aromatic heterocycles. The van der Waals surface area contributed by atoms with Gasteiger partial charge in [-0.25, -0.2) is 0 Å². The lowest BCUT2D eigenvalue weighted by Gasteiger charge is -2.32.